The molecule has 2 aromatic carbocycles. The number of nitrogens with one attached hydrogen (secondary N) is 2. The molecule has 0 radical (unpaired) electrons. The van der Waals surface area contributed by atoms with Crippen LogP contribution in [0.1, 0.15) is 45.2 Å². The summed E-state index contributed by atoms with van der Waals surface area (Å²) >= 11 is 1.32. The Morgan fingerprint density at radius 2 is 1.71 bits per heavy atom. The molecule has 1 unspecified atom stereocenters. The standard InChI is InChI=1S/C29H37F3N4O4S/c1-16(2)26(29(39)40-17(3)4)35-21-7-5-18(6-8-21)15-34-27(38)28-36(9-10-41-28)25(37)13-20(33)11-19-12-23(31)24(32)14-22(19)30/h5-8,12,14,16-17,20,26,28,35H,9-11,13,15,33H2,1-4H3,(H,34,38)/t20-,26?,28+/m1/s1. The lowest BCUT2D eigenvalue weighted by atomic mass is 10.0. The van der Waals surface area contributed by atoms with Gasteiger partial charge in [0.2, 0.25) is 5.91 Å². The number of hydrogen-bond donors (Lipinski definition) is 3. The third kappa shape index (κ3) is 9.12. The first-order valence-electron chi connectivity index (χ1n) is 13.5. The molecule has 1 heterocycles. The molecule has 2 aromatic rings. The largest absolute Gasteiger partial charge is 0.461 e. The van der Waals surface area contributed by atoms with Crippen LogP contribution in [0.3, 0.4) is 0 Å². The topological polar surface area (TPSA) is 114 Å². The van der Waals surface area contributed by atoms with Gasteiger partial charge in [-0.2, -0.15) is 0 Å². The van der Waals surface area contributed by atoms with Crippen LogP contribution in [0.5, 0.6) is 0 Å². The normalized spacial score (nSPS) is 16.5. The number of carbonyl (C=O) groups excluding carboxylic acids is 3. The van der Waals surface area contributed by atoms with Crippen molar-refractivity contribution < 1.29 is 32.3 Å². The molecule has 1 saturated heterocycles. The van der Waals surface area contributed by atoms with Crippen LogP contribution < -0.4 is 16.4 Å². The summed E-state index contributed by atoms with van der Waals surface area (Å²) in [5.74, 6) is -3.88. The number of nitrogens with two attached hydrogens (primary N) is 1. The molecule has 0 spiro atoms. The van der Waals surface area contributed by atoms with E-state index in [0.717, 1.165) is 17.3 Å². The van der Waals surface area contributed by atoms with Crippen LogP contribution in [-0.4, -0.2) is 58.5 Å². The van der Waals surface area contributed by atoms with Crippen molar-refractivity contribution in [2.45, 2.75) is 70.6 Å². The molecule has 4 N–H and O–H groups in total. The number of ether oxygens (including phenoxy) is 1. The van der Waals surface area contributed by atoms with E-state index in [1.165, 1.54) is 16.7 Å². The van der Waals surface area contributed by atoms with E-state index in [1.807, 2.05) is 38.1 Å². The monoisotopic (exact) mass is 594 g/mol. The average molecular weight is 595 g/mol. The Balaban J connectivity index is 1.52. The maximum atomic E-state index is 14.0. The van der Waals surface area contributed by atoms with Gasteiger partial charge >= 0.3 is 5.97 Å². The van der Waals surface area contributed by atoms with E-state index in [1.54, 1.807) is 13.8 Å². The molecular weight excluding hydrogens is 557 g/mol. The lowest BCUT2D eigenvalue weighted by molar-refractivity contribution is -0.149. The van der Waals surface area contributed by atoms with E-state index in [2.05, 4.69) is 10.6 Å². The first kappa shape index (κ1) is 32.3. The van der Waals surface area contributed by atoms with Crippen LogP contribution in [0, 0.1) is 23.4 Å². The van der Waals surface area contributed by atoms with E-state index in [0.29, 0.717) is 18.4 Å². The molecule has 41 heavy (non-hydrogen) atoms. The van der Waals surface area contributed by atoms with E-state index in [9.17, 15) is 27.6 Å². The number of hydrogen-bond acceptors (Lipinski definition) is 7. The second kappa shape index (κ2) is 14.6. The molecule has 224 valence electrons. The molecular formula is C29H37F3N4O4S. The number of carbonyl (C=O) groups is 3. The van der Waals surface area contributed by atoms with E-state index in [-0.39, 0.29) is 54.8 Å². The first-order valence-corrected chi connectivity index (χ1v) is 14.5. The lowest BCUT2D eigenvalue weighted by Crippen LogP contribution is -2.46. The molecule has 0 aliphatic carbocycles. The van der Waals surface area contributed by atoms with Crippen LogP contribution in [-0.2, 0) is 32.1 Å². The summed E-state index contributed by atoms with van der Waals surface area (Å²) < 4.78 is 46.0. The van der Waals surface area contributed by atoms with Crippen molar-refractivity contribution in [1.82, 2.24) is 10.2 Å². The highest BCUT2D eigenvalue weighted by molar-refractivity contribution is 8.00. The second-order valence-electron chi connectivity index (χ2n) is 10.6. The van der Waals surface area contributed by atoms with Gasteiger partial charge in [0.15, 0.2) is 17.0 Å². The minimum Gasteiger partial charge on any atom is -0.461 e. The van der Waals surface area contributed by atoms with Crippen molar-refractivity contribution >= 4 is 35.2 Å². The minimum absolute atomic E-state index is 0.0106. The molecule has 0 saturated carbocycles. The summed E-state index contributed by atoms with van der Waals surface area (Å²) in [6.45, 7) is 8.04. The molecule has 1 aliphatic heterocycles. The number of nitrogens with zero attached hydrogens (tertiary/aromatic N) is 1. The number of anilines is 1. The van der Waals surface area contributed by atoms with Gasteiger partial charge in [0, 0.05) is 43.1 Å². The Kier molecular flexibility index (Phi) is 11.5. The zero-order chi connectivity index (χ0) is 30.3. The fourth-order valence-corrected chi connectivity index (χ4v) is 5.50. The Morgan fingerprint density at radius 1 is 1.05 bits per heavy atom. The van der Waals surface area contributed by atoms with Crippen molar-refractivity contribution in [3.63, 3.8) is 0 Å². The average Bonchev–Trinajstić information content (AvgIpc) is 3.39. The third-order valence-electron chi connectivity index (χ3n) is 6.46. The number of thioether (sulfide) groups is 1. The van der Waals surface area contributed by atoms with Crippen molar-refractivity contribution in [2.24, 2.45) is 11.7 Å². The molecule has 2 amide bonds. The highest BCUT2D eigenvalue weighted by Crippen LogP contribution is 2.26. The Morgan fingerprint density at radius 3 is 2.34 bits per heavy atom. The first-order chi connectivity index (χ1) is 19.3. The van der Waals surface area contributed by atoms with Gasteiger partial charge in [0.05, 0.1) is 6.10 Å². The number of benzene rings is 2. The van der Waals surface area contributed by atoms with Gasteiger partial charge < -0.3 is 26.0 Å². The summed E-state index contributed by atoms with van der Waals surface area (Å²) in [6, 6.07) is 7.13. The van der Waals surface area contributed by atoms with Gasteiger partial charge in [-0.15, -0.1) is 11.8 Å². The quantitative estimate of drug-likeness (QED) is 0.252. The van der Waals surface area contributed by atoms with Crippen LogP contribution in [0.4, 0.5) is 18.9 Å². The molecule has 1 aliphatic rings. The molecule has 3 rings (SSSR count). The van der Waals surface area contributed by atoms with Crippen molar-refractivity contribution in [2.75, 3.05) is 17.6 Å². The number of rotatable bonds is 12. The summed E-state index contributed by atoms with van der Waals surface area (Å²) in [7, 11) is 0. The fourth-order valence-electron chi connectivity index (χ4n) is 4.34. The van der Waals surface area contributed by atoms with Crippen molar-refractivity contribution in [1.29, 1.82) is 0 Å². The zero-order valence-corrected chi connectivity index (χ0v) is 24.4. The second-order valence-corrected chi connectivity index (χ2v) is 11.8. The number of amides is 2. The Labute approximate surface area is 242 Å². The van der Waals surface area contributed by atoms with Gasteiger partial charge in [-0.1, -0.05) is 26.0 Å². The van der Waals surface area contributed by atoms with E-state index in [4.69, 9.17) is 10.5 Å². The zero-order valence-electron chi connectivity index (χ0n) is 23.6. The smallest absolute Gasteiger partial charge is 0.329 e. The molecule has 12 heteroatoms. The van der Waals surface area contributed by atoms with Crippen LogP contribution in [0.25, 0.3) is 0 Å². The highest BCUT2D eigenvalue weighted by Gasteiger charge is 2.35. The van der Waals surface area contributed by atoms with E-state index >= 15 is 0 Å². The van der Waals surface area contributed by atoms with Gasteiger partial charge in [-0.25, -0.2) is 18.0 Å². The molecule has 0 bridgehead atoms. The van der Waals surface area contributed by atoms with Gasteiger partial charge in [-0.05, 0) is 55.5 Å². The van der Waals surface area contributed by atoms with Gasteiger partial charge in [-0.3, -0.25) is 9.59 Å². The maximum absolute atomic E-state index is 14.0. The van der Waals surface area contributed by atoms with Crippen LogP contribution >= 0.6 is 11.8 Å². The third-order valence-corrected chi connectivity index (χ3v) is 7.66. The van der Waals surface area contributed by atoms with E-state index < -0.39 is 34.9 Å². The SMILES string of the molecule is CC(C)OC(=O)C(Nc1ccc(CNC(=O)[C@@H]2SCCN2C(=O)C[C@H](N)Cc2cc(F)c(F)cc2F)cc1)C(C)C. The van der Waals surface area contributed by atoms with Crippen molar-refractivity contribution in [3.05, 3.63) is 65.0 Å². The number of halogens is 3. The van der Waals surface area contributed by atoms with Crippen molar-refractivity contribution in [3.8, 4) is 0 Å². The number of esters is 1. The summed E-state index contributed by atoms with van der Waals surface area (Å²) in [5.41, 5.74) is 7.46. The Bertz CT molecular complexity index is 1230. The Hall–Kier alpha value is -3.25. The summed E-state index contributed by atoms with van der Waals surface area (Å²) in [6.07, 6.45) is -0.553. The minimum atomic E-state index is -1.30. The molecule has 8 nitrogen and oxygen atoms in total. The van der Waals surface area contributed by atoms with Crippen LogP contribution in [0.2, 0.25) is 0 Å². The summed E-state index contributed by atoms with van der Waals surface area (Å²) in [4.78, 5) is 39.7. The van der Waals surface area contributed by atoms with Crippen LogP contribution in [0.15, 0.2) is 36.4 Å². The summed E-state index contributed by atoms with van der Waals surface area (Å²) in [5, 5.41) is 5.31. The lowest BCUT2D eigenvalue weighted by Gasteiger charge is -2.25. The predicted molar refractivity (Wildman–Crippen MR) is 152 cm³/mol. The maximum Gasteiger partial charge on any atom is 0.329 e. The van der Waals surface area contributed by atoms with Gasteiger partial charge in [0.25, 0.3) is 5.91 Å². The highest BCUT2D eigenvalue weighted by atomic mass is 32.2. The predicted octanol–water partition coefficient (Wildman–Crippen LogP) is 3.97. The molecule has 0 aromatic heterocycles. The molecule has 1 fully saturated rings. The van der Waals surface area contributed by atoms with Gasteiger partial charge in [0.1, 0.15) is 11.9 Å². The molecule has 3 atom stereocenters. The fraction of sp³-hybridized carbons (Fsp3) is 0.483.